The first kappa shape index (κ1) is 14.1. The first-order valence-corrected chi connectivity index (χ1v) is 6.77. The minimum atomic E-state index is -4.49. The number of halogens is 3. The van der Waals surface area contributed by atoms with E-state index in [1.165, 1.54) is 12.4 Å². The Kier molecular flexibility index (Phi) is 3.48. The van der Waals surface area contributed by atoms with Crippen LogP contribution in [0.2, 0.25) is 0 Å². The molecule has 1 saturated carbocycles. The van der Waals surface area contributed by atoms with Crippen LogP contribution in [0.5, 0.6) is 5.88 Å². The minimum absolute atomic E-state index is 0.0686. The molecule has 2 heterocycles. The van der Waals surface area contributed by atoms with E-state index in [0.717, 1.165) is 29.8 Å². The highest BCUT2D eigenvalue weighted by Gasteiger charge is 2.34. The fraction of sp³-hybridized carbons (Fsp3) is 0.538. The summed E-state index contributed by atoms with van der Waals surface area (Å²) in [5.41, 5.74) is 5.14. The van der Waals surface area contributed by atoms with Crippen LogP contribution < -0.4 is 10.5 Å². The number of nitrogens with two attached hydrogens (primary N) is 1. The maximum Gasteiger partial charge on any atom is 0.435 e. The zero-order valence-electron chi connectivity index (χ0n) is 11.2. The number of ether oxygens (including phenoxy) is 1. The Hall–Kier alpha value is -1.83. The number of aromatic nitrogens is 3. The monoisotopic (exact) mass is 300 g/mol. The Morgan fingerprint density at radius 1 is 1.33 bits per heavy atom. The van der Waals surface area contributed by atoms with Crippen molar-refractivity contribution in [3.8, 4) is 5.88 Å². The molecule has 2 atom stereocenters. The van der Waals surface area contributed by atoms with Crippen LogP contribution in [0.15, 0.2) is 18.5 Å². The van der Waals surface area contributed by atoms with Crippen molar-refractivity contribution in [3.63, 3.8) is 0 Å². The number of hydrogen-bond acceptors (Lipinski definition) is 4. The molecule has 2 N–H and O–H groups in total. The van der Waals surface area contributed by atoms with E-state index in [-0.39, 0.29) is 23.5 Å². The van der Waals surface area contributed by atoms with Crippen LogP contribution in [0, 0.1) is 0 Å². The van der Waals surface area contributed by atoms with Gasteiger partial charge in [0.15, 0.2) is 5.69 Å². The molecular weight excluding hydrogens is 285 g/mol. The summed E-state index contributed by atoms with van der Waals surface area (Å²) >= 11 is 0. The van der Waals surface area contributed by atoms with E-state index in [1.54, 1.807) is 0 Å². The summed E-state index contributed by atoms with van der Waals surface area (Å²) in [6.45, 7) is 0. The summed E-state index contributed by atoms with van der Waals surface area (Å²) < 4.78 is 45.0. The van der Waals surface area contributed by atoms with Gasteiger partial charge in [0, 0.05) is 24.5 Å². The van der Waals surface area contributed by atoms with Crippen molar-refractivity contribution in [2.75, 3.05) is 0 Å². The second-order valence-electron chi connectivity index (χ2n) is 5.26. The fourth-order valence-electron chi connectivity index (χ4n) is 2.57. The van der Waals surface area contributed by atoms with Gasteiger partial charge in [-0.25, -0.2) is 9.50 Å². The zero-order chi connectivity index (χ0) is 15.0. The van der Waals surface area contributed by atoms with Gasteiger partial charge in [0.05, 0.1) is 0 Å². The average molecular weight is 300 g/mol. The molecular formula is C13H15F3N4O. The zero-order valence-corrected chi connectivity index (χ0v) is 11.2. The highest BCUT2D eigenvalue weighted by atomic mass is 19.4. The van der Waals surface area contributed by atoms with E-state index < -0.39 is 11.9 Å². The van der Waals surface area contributed by atoms with Gasteiger partial charge in [-0.05, 0) is 25.7 Å². The highest BCUT2D eigenvalue weighted by molar-refractivity contribution is 5.57. The second kappa shape index (κ2) is 5.18. The molecule has 0 aromatic carbocycles. The molecule has 2 unspecified atom stereocenters. The van der Waals surface area contributed by atoms with Gasteiger partial charge in [-0.15, -0.1) is 0 Å². The number of fused-ring (bicyclic) bond motifs is 1. The largest absolute Gasteiger partial charge is 0.473 e. The van der Waals surface area contributed by atoms with Gasteiger partial charge in [-0.1, -0.05) is 0 Å². The maximum atomic E-state index is 12.7. The molecule has 0 amide bonds. The maximum absolute atomic E-state index is 12.7. The summed E-state index contributed by atoms with van der Waals surface area (Å²) in [4.78, 5) is 4.03. The molecule has 1 aliphatic rings. The Balaban J connectivity index is 1.89. The molecule has 21 heavy (non-hydrogen) atoms. The van der Waals surface area contributed by atoms with E-state index in [1.807, 2.05) is 0 Å². The predicted molar refractivity (Wildman–Crippen MR) is 68.8 cm³/mol. The third kappa shape index (κ3) is 2.94. The van der Waals surface area contributed by atoms with Crippen molar-refractivity contribution in [3.05, 3.63) is 24.2 Å². The third-order valence-electron chi connectivity index (χ3n) is 3.59. The quantitative estimate of drug-likeness (QED) is 0.925. The van der Waals surface area contributed by atoms with E-state index in [0.29, 0.717) is 6.42 Å². The van der Waals surface area contributed by atoms with Crippen molar-refractivity contribution in [2.24, 2.45) is 5.73 Å². The Labute approximate surface area is 118 Å². The minimum Gasteiger partial charge on any atom is -0.473 e. The lowest BCUT2D eigenvalue weighted by atomic mass is 9.94. The van der Waals surface area contributed by atoms with E-state index >= 15 is 0 Å². The first-order valence-electron chi connectivity index (χ1n) is 6.77. The highest BCUT2D eigenvalue weighted by Crippen LogP contribution is 2.31. The standard InChI is InChI=1S/C13H15F3N4O/c14-13(15,16)11-7-10-12(18-4-5-20(10)19-11)21-9-3-1-2-8(17)6-9/h4-5,7-9H,1-3,6,17H2. The number of hydrogen-bond donors (Lipinski definition) is 1. The van der Waals surface area contributed by atoms with Gasteiger partial charge < -0.3 is 10.5 Å². The summed E-state index contributed by atoms with van der Waals surface area (Å²) in [7, 11) is 0. The number of alkyl halides is 3. The molecule has 0 saturated heterocycles. The Bertz CT molecular complexity index is 640. The van der Waals surface area contributed by atoms with Crippen molar-refractivity contribution in [2.45, 2.75) is 44.0 Å². The molecule has 8 heteroatoms. The van der Waals surface area contributed by atoms with Crippen LogP contribution in [-0.2, 0) is 6.18 Å². The van der Waals surface area contributed by atoms with Gasteiger partial charge >= 0.3 is 6.18 Å². The van der Waals surface area contributed by atoms with Gasteiger partial charge in [-0.2, -0.15) is 18.3 Å². The topological polar surface area (TPSA) is 65.4 Å². The molecule has 0 spiro atoms. The molecule has 2 aromatic rings. The summed E-state index contributed by atoms with van der Waals surface area (Å²) in [6.07, 6.45) is 1.54. The van der Waals surface area contributed by atoms with Crippen LogP contribution >= 0.6 is 0 Å². The van der Waals surface area contributed by atoms with Crippen LogP contribution in [0.4, 0.5) is 13.2 Å². The normalized spacial score (nSPS) is 23.4. The molecule has 3 rings (SSSR count). The van der Waals surface area contributed by atoms with Crippen LogP contribution in [0.25, 0.3) is 5.52 Å². The molecule has 1 aliphatic carbocycles. The third-order valence-corrected chi connectivity index (χ3v) is 3.59. The molecule has 0 radical (unpaired) electrons. The SMILES string of the molecule is NC1CCCC(Oc2nccn3nc(C(F)(F)F)cc23)C1. The predicted octanol–water partition coefficient (Wildman–Crippen LogP) is 2.40. The molecule has 114 valence electrons. The summed E-state index contributed by atoms with van der Waals surface area (Å²) in [6, 6.07) is 1.02. The van der Waals surface area contributed by atoms with Gasteiger partial charge in [0.25, 0.3) is 0 Å². The van der Waals surface area contributed by atoms with Gasteiger partial charge in [0.2, 0.25) is 5.88 Å². The summed E-state index contributed by atoms with van der Waals surface area (Å²) in [5.74, 6) is 0.166. The number of rotatable bonds is 2. The lowest BCUT2D eigenvalue weighted by molar-refractivity contribution is -0.141. The molecule has 1 fully saturated rings. The van der Waals surface area contributed by atoms with Crippen molar-refractivity contribution >= 4 is 5.52 Å². The molecule has 0 aliphatic heterocycles. The van der Waals surface area contributed by atoms with Crippen LogP contribution in [0.3, 0.4) is 0 Å². The van der Waals surface area contributed by atoms with E-state index in [2.05, 4.69) is 10.1 Å². The molecule has 2 aromatic heterocycles. The fourth-order valence-corrected chi connectivity index (χ4v) is 2.57. The lowest BCUT2D eigenvalue weighted by Crippen LogP contribution is -2.33. The smallest absolute Gasteiger partial charge is 0.435 e. The Morgan fingerprint density at radius 3 is 2.86 bits per heavy atom. The summed E-state index contributed by atoms with van der Waals surface area (Å²) in [5, 5.41) is 3.50. The van der Waals surface area contributed by atoms with Gasteiger partial charge in [-0.3, -0.25) is 0 Å². The van der Waals surface area contributed by atoms with Gasteiger partial charge in [0.1, 0.15) is 11.6 Å². The van der Waals surface area contributed by atoms with Crippen molar-refractivity contribution < 1.29 is 17.9 Å². The average Bonchev–Trinajstić information content (AvgIpc) is 2.84. The molecule has 5 nitrogen and oxygen atoms in total. The van der Waals surface area contributed by atoms with Crippen molar-refractivity contribution in [1.29, 1.82) is 0 Å². The lowest BCUT2D eigenvalue weighted by Gasteiger charge is -2.26. The van der Waals surface area contributed by atoms with Crippen LogP contribution in [-0.4, -0.2) is 26.7 Å². The van der Waals surface area contributed by atoms with E-state index in [4.69, 9.17) is 10.5 Å². The first-order chi connectivity index (χ1) is 9.93. The van der Waals surface area contributed by atoms with E-state index in [9.17, 15) is 13.2 Å². The Morgan fingerprint density at radius 2 is 2.14 bits per heavy atom. The second-order valence-corrected chi connectivity index (χ2v) is 5.26. The number of nitrogens with zero attached hydrogens (tertiary/aromatic N) is 3. The van der Waals surface area contributed by atoms with Crippen molar-refractivity contribution in [1.82, 2.24) is 14.6 Å². The van der Waals surface area contributed by atoms with Crippen LogP contribution in [0.1, 0.15) is 31.4 Å². The molecule has 0 bridgehead atoms.